The predicted molar refractivity (Wildman–Crippen MR) is 92.4 cm³/mol. The summed E-state index contributed by atoms with van der Waals surface area (Å²) < 4.78 is 0. The van der Waals surface area contributed by atoms with E-state index >= 15 is 0 Å². The first-order valence-electron chi connectivity index (χ1n) is 6.99. The number of hydrogen-bond acceptors (Lipinski definition) is 2. The molecule has 0 radical (unpaired) electrons. The predicted octanol–water partition coefficient (Wildman–Crippen LogP) is 4.21. The lowest BCUT2D eigenvalue weighted by molar-refractivity contribution is -0.123. The first kappa shape index (κ1) is 19.1. The van der Waals surface area contributed by atoms with Gasteiger partial charge in [-0.2, -0.15) is 0 Å². The summed E-state index contributed by atoms with van der Waals surface area (Å²) in [5, 5.41) is 0. The molecule has 0 atom stereocenters. The minimum atomic E-state index is -0.336. The second-order valence-corrected chi connectivity index (χ2v) is 5.45. The summed E-state index contributed by atoms with van der Waals surface area (Å²) in [4.78, 5) is 14.6. The lowest BCUT2D eigenvalue weighted by Gasteiger charge is -2.29. The zero-order valence-corrected chi connectivity index (χ0v) is 14.6. The van der Waals surface area contributed by atoms with Gasteiger partial charge in [0.15, 0.2) is 5.78 Å². The Labute approximate surface area is 133 Å². The number of hydrogen-bond donors (Lipinski definition) is 0. The van der Waals surface area contributed by atoms with E-state index in [9.17, 15) is 4.79 Å². The first-order valence-corrected chi connectivity index (χ1v) is 6.99. The van der Waals surface area contributed by atoms with E-state index < -0.39 is 0 Å². The van der Waals surface area contributed by atoms with Gasteiger partial charge in [0.2, 0.25) is 0 Å². The van der Waals surface area contributed by atoms with E-state index in [-0.39, 0.29) is 28.2 Å². The third kappa shape index (κ3) is 6.02. The molecule has 0 saturated carbocycles. The molecule has 112 valence electrons. The highest BCUT2D eigenvalue weighted by Crippen LogP contribution is 2.20. The van der Waals surface area contributed by atoms with Crippen LogP contribution in [0, 0.1) is 5.41 Å². The van der Waals surface area contributed by atoms with E-state index in [4.69, 9.17) is 0 Å². The van der Waals surface area contributed by atoms with Crippen molar-refractivity contribution in [2.75, 3.05) is 19.6 Å². The molecule has 0 N–H and O–H groups in total. The monoisotopic (exact) mass is 339 g/mol. The summed E-state index contributed by atoms with van der Waals surface area (Å²) in [7, 11) is 0. The number of ketones is 1. The minimum absolute atomic E-state index is 0. The third-order valence-electron chi connectivity index (χ3n) is 3.41. The Kier molecular flexibility index (Phi) is 8.67. The highest BCUT2D eigenvalue weighted by atomic mass is 79.9. The number of allylic oxidation sites excluding steroid dienone is 1. The molecular formula is C17H26BrNO. The molecular weight excluding hydrogens is 314 g/mol. The maximum Gasteiger partial charge on any atom is 0.162 e. The highest BCUT2D eigenvalue weighted by molar-refractivity contribution is 8.93. The Morgan fingerprint density at radius 3 is 2.20 bits per heavy atom. The van der Waals surface area contributed by atoms with Crippen LogP contribution < -0.4 is 0 Å². The van der Waals surface area contributed by atoms with Gasteiger partial charge in [-0.05, 0) is 24.7 Å². The van der Waals surface area contributed by atoms with Crippen molar-refractivity contribution >= 4 is 28.8 Å². The van der Waals surface area contributed by atoms with Crippen LogP contribution in [-0.4, -0.2) is 30.3 Å². The lowest BCUT2D eigenvalue weighted by atomic mass is 9.87. The van der Waals surface area contributed by atoms with Gasteiger partial charge < -0.3 is 4.90 Å². The number of benzene rings is 1. The second kappa shape index (κ2) is 9.09. The molecule has 0 saturated heterocycles. The number of carbonyl (C=O) groups is 1. The van der Waals surface area contributed by atoms with Crippen molar-refractivity contribution < 1.29 is 4.79 Å². The molecule has 20 heavy (non-hydrogen) atoms. The summed E-state index contributed by atoms with van der Waals surface area (Å²) in [5.74, 6) is 0.184. The number of rotatable bonds is 7. The van der Waals surface area contributed by atoms with Gasteiger partial charge in [-0.15, -0.1) is 17.0 Å². The molecule has 0 fully saturated rings. The van der Waals surface area contributed by atoms with Crippen molar-refractivity contribution in [2.45, 2.75) is 27.7 Å². The summed E-state index contributed by atoms with van der Waals surface area (Å²) in [5.41, 5.74) is 0.728. The van der Waals surface area contributed by atoms with Crippen LogP contribution in [0.2, 0.25) is 0 Å². The molecule has 0 spiro atoms. The van der Waals surface area contributed by atoms with Gasteiger partial charge >= 0.3 is 0 Å². The van der Waals surface area contributed by atoms with E-state index in [0.717, 1.165) is 25.2 Å². The van der Waals surface area contributed by atoms with Gasteiger partial charge in [-0.3, -0.25) is 4.79 Å². The molecule has 0 aliphatic heterocycles. The van der Waals surface area contributed by atoms with E-state index in [1.807, 2.05) is 50.3 Å². The van der Waals surface area contributed by atoms with Gasteiger partial charge in [0.25, 0.3) is 0 Å². The SMILES string of the molecule is Br.CCN(CC)CC(C)(C)C(=O)/C=C/c1ccccc1. The fraction of sp³-hybridized carbons (Fsp3) is 0.471. The van der Waals surface area contributed by atoms with Crippen LogP contribution in [0.4, 0.5) is 0 Å². The van der Waals surface area contributed by atoms with E-state index in [2.05, 4.69) is 18.7 Å². The quantitative estimate of drug-likeness (QED) is 0.693. The van der Waals surface area contributed by atoms with Crippen LogP contribution in [0.3, 0.4) is 0 Å². The maximum absolute atomic E-state index is 12.3. The average Bonchev–Trinajstić information content (AvgIpc) is 2.43. The molecule has 0 aliphatic rings. The fourth-order valence-corrected chi connectivity index (χ4v) is 2.05. The number of carbonyl (C=O) groups excluding carboxylic acids is 1. The van der Waals surface area contributed by atoms with Crippen LogP contribution in [0.1, 0.15) is 33.3 Å². The third-order valence-corrected chi connectivity index (χ3v) is 3.41. The highest BCUT2D eigenvalue weighted by Gasteiger charge is 2.27. The number of halogens is 1. The van der Waals surface area contributed by atoms with Crippen molar-refractivity contribution in [2.24, 2.45) is 5.41 Å². The molecule has 1 rings (SSSR count). The fourth-order valence-electron chi connectivity index (χ4n) is 2.05. The molecule has 0 aromatic heterocycles. The second-order valence-electron chi connectivity index (χ2n) is 5.45. The molecule has 0 unspecified atom stereocenters. The van der Waals surface area contributed by atoms with Crippen LogP contribution in [-0.2, 0) is 4.79 Å². The molecule has 1 aromatic rings. The standard InChI is InChI=1S/C17H25NO.BrH/c1-5-18(6-2)14-17(3,4)16(19)13-12-15-10-8-7-9-11-15;/h7-13H,5-6,14H2,1-4H3;1H/b13-12+;. The zero-order valence-electron chi connectivity index (χ0n) is 12.9. The van der Waals surface area contributed by atoms with E-state index in [1.165, 1.54) is 0 Å². The van der Waals surface area contributed by atoms with Gasteiger partial charge in [0, 0.05) is 12.0 Å². The Hall–Kier alpha value is -0.930. The minimum Gasteiger partial charge on any atom is -0.303 e. The Morgan fingerprint density at radius 1 is 1.15 bits per heavy atom. The topological polar surface area (TPSA) is 20.3 Å². The van der Waals surface area contributed by atoms with Crippen LogP contribution in [0.5, 0.6) is 0 Å². The molecule has 0 bridgehead atoms. The van der Waals surface area contributed by atoms with Crippen LogP contribution in [0.15, 0.2) is 36.4 Å². The summed E-state index contributed by atoms with van der Waals surface area (Å²) in [6, 6.07) is 9.93. The molecule has 2 nitrogen and oxygen atoms in total. The molecule has 3 heteroatoms. The van der Waals surface area contributed by atoms with Crippen molar-refractivity contribution in [3.63, 3.8) is 0 Å². The van der Waals surface area contributed by atoms with E-state index in [1.54, 1.807) is 6.08 Å². The Bertz CT molecular complexity index is 422. The van der Waals surface area contributed by atoms with Crippen molar-refractivity contribution in [1.82, 2.24) is 4.90 Å². The van der Waals surface area contributed by atoms with E-state index in [0.29, 0.717) is 0 Å². The largest absolute Gasteiger partial charge is 0.303 e. The van der Waals surface area contributed by atoms with Crippen LogP contribution >= 0.6 is 17.0 Å². The summed E-state index contributed by atoms with van der Waals surface area (Å²) in [6.45, 7) is 11.1. The first-order chi connectivity index (χ1) is 8.99. The smallest absolute Gasteiger partial charge is 0.162 e. The Balaban J connectivity index is 0.00000361. The van der Waals surface area contributed by atoms with Crippen molar-refractivity contribution in [3.8, 4) is 0 Å². The molecule has 0 amide bonds. The van der Waals surface area contributed by atoms with Gasteiger partial charge in [-0.25, -0.2) is 0 Å². The lowest BCUT2D eigenvalue weighted by Crippen LogP contribution is -2.38. The Morgan fingerprint density at radius 2 is 1.70 bits per heavy atom. The summed E-state index contributed by atoms with van der Waals surface area (Å²) in [6.07, 6.45) is 3.60. The maximum atomic E-state index is 12.3. The number of nitrogens with zero attached hydrogens (tertiary/aromatic N) is 1. The molecule has 0 heterocycles. The van der Waals surface area contributed by atoms with Crippen LogP contribution in [0.25, 0.3) is 6.08 Å². The van der Waals surface area contributed by atoms with Gasteiger partial charge in [0.05, 0.1) is 0 Å². The average molecular weight is 340 g/mol. The zero-order chi connectivity index (χ0) is 14.3. The normalized spacial score (nSPS) is 11.7. The van der Waals surface area contributed by atoms with Crippen molar-refractivity contribution in [3.05, 3.63) is 42.0 Å². The van der Waals surface area contributed by atoms with Crippen molar-refractivity contribution in [1.29, 1.82) is 0 Å². The van der Waals surface area contributed by atoms with Gasteiger partial charge in [-0.1, -0.05) is 64.1 Å². The molecule has 1 aromatic carbocycles. The molecule has 0 aliphatic carbocycles. The summed E-state index contributed by atoms with van der Waals surface area (Å²) >= 11 is 0. The van der Waals surface area contributed by atoms with Gasteiger partial charge in [0.1, 0.15) is 0 Å².